The standard InChI is InChI=1S/C7H14NO4.C7H12NO4.C7H10NO4.H2N.8H2O.6Sm/c3*9-6(10)4-2-1-3-5(8-4)7(11)12;;;;;;;;;;;;;;;/h4-7,9-12H,1-3H2;4-6,9-10H,1-3H2,(H,11,12);1-2,4-6,9-10H,3H2,(H,11,12);9*1H2;;;;;;/q4*-1;;;;;;;;;;;;;;. The van der Waals surface area contributed by atoms with Gasteiger partial charge in [-0.25, -0.2) is 0 Å². The molecule has 0 radical (unpaired) electrons. The van der Waals surface area contributed by atoms with E-state index in [0.29, 0.717) is 38.5 Å². The van der Waals surface area contributed by atoms with Crippen molar-refractivity contribution in [3.05, 3.63) is 34.3 Å². The summed E-state index contributed by atoms with van der Waals surface area (Å²) < 4.78 is 0. The minimum Gasteiger partial charge on any atom is -0.693 e. The monoisotopic (exact) mass is 1590 g/mol. The van der Waals surface area contributed by atoms with E-state index >= 15 is 0 Å². The topological polar surface area (TPSA) is 564 Å². The molecule has 0 amide bonds. The van der Waals surface area contributed by atoms with Crippen LogP contribution < -0.4 is 0 Å². The third kappa shape index (κ3) is 45.3. The van der Waals surface area contributed by atoms with Crippen molar-refractivity contribution < 1.29 is 347 Å². The maximum absolute atomic E-state index is 10.5. The molecular weight excluding hydrogens is 1530 g/mol. The number of hydrogen-bond donors (Lipinski definition) is 10. The van der Waals surface area contributed by atoms with Crippen LogP contribution in [-0.2, 0) is 9.59 Å². The van der Waals surface area contributed by atoms with Gasteiger partial charge in [0.25, 0.3) is 11.9 Å². The zero-order valence-electron chi connectivity index (χ0n) is 26.5. The maximum atomic E-state index is 10.5. The summed E-state index contributed by atoms with van der Waals surface area (Å²) in [6.07, 6.45) is 0.991. The van der Waals surface area contributed by atoms with Crippen LogP contribution >= 0.6 is 0 Å². The molecule has 0 aromatic heterocycles. The number of carboxylic acid groups (broad SMARTS) is 2. The third-order valence-corrected chi connectivity index (χ3v) is 5.68. The second-order valence-corrected chi connectivity index (χ2v) is 8.53. The van der Waals surface area contributed by atoms with Crippen molar-refractivity contribution in [3.8, 4) is 0 Å². The molecule has 318 valence electrons. The van der Waals surface area contributed by atoms with Crippen LogP contribution in [0.5, 0.6) is 0 Å². The van der Waals surface area contributed by atoms with E-state index in [-0.39, 0.29) is 292 Å². The molecule has 0 saturated carbocycles. The van der Waals surface area contributed by atoms with Crippen LogP contribution in [0.15, 0.2) is 12.2 Å². The first-order valence-corrected chi connectivity index (χ1v) is 11.5. The third-order valence-electron chi connectivity index (χ3n) is 5.68. The Morgan fingerprint density at radius 3 is 1.10 bits per heavy atom. The van der Waals surface area contributed by atoms with Crippen LogP contribution in [0.4, 0.5) is 0 Å². The Morgan fingerprint density at radius 1 is 0.490 bits per heavy atom. The first kappa shape index (κ1) is 101. The van der Waals surface area contributed by atoms with Gasteiger partial charge in [-0.1, -0.05) is 68.8 Å². The minimum atomic E-state index is -1.61. The molecule has 24 nitrogen and oxygen atoms in total. The smallest absolute Gasteiger partial charge is 0.285 e. The molecule has 0 aliphatic carbocycles. The number of nitrogens with two attached hydrogens (primary N) is 1. The zero-order valence-corrected chi connectivity index (χ0v) is 42.3. The molecule has 51 heavy (non-hydrogen) atoms. The molecule has 6 unspecified atom stereocenters. The summed E-state index contributed by atoms with van der Waals surface area (Å²) in [5.41, 5.74) is 0. The van der Waals surface area contributed by atoms with Gasteiger partial charge in [0.1, 0.15) is 25.2 Å². The SMILES string of the molecule is O.O.O.O.O.O.O.O.O=C(O)C1CC=CC(C(O)O)[N-]1.O=C(O)C1CCCC(C(O)O)[N-]1.OC(O)C1CCCC(C(O)O)[N-]1.[NH2-].[Sm].[Sm].[Sm].[Sm].[Sm].[Sm]. The minimum absolute atomic E-state index is 0. The average molecular weight is 1580 g/mol. The number of aliphatic hydroxyl groups excluding tert-OH is 4. The second kappa shape index (κ2) is 58.0. The van der Waals surface area contributed by atoms with Gasteiger partial charge in [-0.2, -0.15) is 0 Å². The van der Waals surface area contributed by atoms with Gasteiger partial charge in [-0.05, 0) is 18.5 Å². The van der Waals surface area contributed by atoms with E-state index in [0.717, 1.165) is 6.42 Å². The van der Waals surface area contributed by atoms with E-state index in [2.05, 4.69) is 16.0 Å². The fourth-order valence-corrected chi connectivity index (χ4v) is 3.70. The molecule has 30 heteroatoms. The van der Waals surface area contributed by atoms with Gasteiger partial charge >= 0.3 is 0 Å². The second-order valence-electron chi connectivity index (χ2n) is 8.53. The van der Waals surface area contributed by atoms with Crippen LogP contribution in [0.1, 0.15) is 44.9 Å². The van der Waals surface area contributed by atoms with E-state index in [1.807, 2.05) is 0 Å². The number of rotatable bonds is 6. The van der Waals surface area contributed by atoms with Crippen LogP contribution in [-0.4, -0.2) is 168 Å². The van der Waals surface area contributed by atoms with Crippen LogP contribution in [0.25, 0.3) is 22.1 Å². The molecule has 3 aliphatic rings. The number of hydrogen-bond acceptors (Lipinski definition) is 10. The van der Waals surface area contributed by atoms with Crippen molar-refractivity contribution >= 4 is 11.9 Å². The number of aliphatic hydroxyl groups is 8. The van der Waals surface area contributed by atoms with Crippen molar-refractivity contribution in [2.24, 2.45) is 0 Å². The predicted molar refractivity (Wildman–Crippen MR) is 157 cm³/mol. The number of piperidine rings is 2. The average Bonchev–Trinajstić information content (AvgIpc) is 2.85. The molecule has 3 heterocycles. The maximum Gasteiger partial charge on any atom is 0.285 e. The molecule has 2 saturated heterocycles. The van der Waals surface area contributed by atoms with E-state index < -0.39 is 73.3 Å². The molecule has 0 aromatic rings. The van der Waals surface area contributed by atoms with Gasteiger partial charge in [-0.15, -0.1) is 6.08 Å². The van der Waals surface area contributed by atoms with Crippen molar-refractivity contribution in [1.29, 1.82) is 0 Å². The number of nitrogens with zero attached hydrogens (tertiary/aromatic N) is 3. The summed E-state index contributed by atoms with van der Waals surface area (Å²) in [7, 11) is 0. The normalized spacial score (nSPS) is 21.5. The largest absolute Gasteiger partial charge is 0.693 e. The Kier molecular flexibility index (Phi) is 115. The van der Waals surface area contributed by atoms with Crippen LogP contribution in [0.3, 0.4) is 0 Å². The Hall–Kier alpha value is 5.91. The number of carbonyl (C=O) groups is 2. The fraction of sp³-hybridized carbons (Fsp3) is 0.810. The Labute approximate surface area is 489 Å². The van der Waals surface area contributed by atoms with Crippen LogP contribution in [0, 0.1) is 242 Å². The Bertz CT molecular complexity index is 718. The molecule has 6 atom stereocenters. The summed E-state index contributed by atoms with van der Waals surface area (Å²) in [6.45, 7) is 0. The van der Waals surface area contributed by atoms with Crippen LogP contribution in [0.2, 0.25) is 0 Å². The van der Waals surface area contributed by atoms with E-state index in [9.17, 15) is 9.59 Å². The molecule has 28 N–H and O–H groups in total. The van der Waals surface area contributed by atoms with Gasteiger partial charge in [0.15, 0.2) is 0 Å². The number of carboxylic acids is 2. The first-order valence-electron chi connectivity index (χ1n) is 11.5. The van der Waals surface area contributed by atoms with E-state index in [1.165, 1.54) is 6.08 Å². The zero-order chi connectivity index (χ0) is 27.4. The van der Waals surface area contributed by atoms with Gasteiger partial charge in [0.2, 0.25) is 0 Å². The molecule has 0 spiro atoms. The summed E-state index contributed by atoms with van der Waals surface area (Å²) in [4.78, 5) is 20.9. The summed E-state index contributed by atoms with van der Waals surface area (Å²) in [5, 5.41) is 98.5. The Balaban J connectivity index is -0.0000000256. The van der Waals surface area contributed by atoms with Gasteiger partial charge in [-0.3, -0.25) is 9.59 Å². The van der Waals surface area contributed by atoms with Gasteiger partial charge in [0, 0.05) is 242 Å². The van der Waals surface area contributed by atoms with Gasteiger partial charge in [0.05, 0.1) is 0 Å². The molecular formula is C21H54N4O20Sm6-4. The van der Waals surface area contributed by atoms with Crippen molar-refractivity contribution in [1.82, 2.24) is 0 Å². The fourth-order valence-electron chi connectivity index (χ4n) is 3.70. The van der Waals surface area contributed by atoms with Crippen molar-refractivity contribution in [3.63, 3.8) is 0 Å². The van der Waals surface area contributed by atoms with E-state index in [4.69, 9.17) is 51.1 Å². The predicted octanol–water partition coefficient (Wildman–Crippen LogP) is -7.85. The molecule has 0 aromatic carbocycles. The number of aliphatic carboxylic acids is 2. The van der Waals surface area contributed by atoms with Crippen molar-refractivity contribution in [2.45, 2.75) is 106 Å². The summed E-state index contributed by atoms with van der Waals surface area (Å²) in [5.74, 6) is -2.02. The molecule has 3 rings (SSSR count). The Morgan fingerprint density at radius 2 is 0.804 bits per heavy atom. The quantitative estimate of drug-likeness (QED) is 0.0876. The first-order chi connectivity index (χ1) is 16.8. The molecule has 0 bridgehead atoms. The summed E-state index contributed by atoms with van der Waals surface area (Å²) in [6, 6.07) is -4.16. The summed E-state index contributed by atoms with van der Waals surface area (Å²) >= 11 is 0. The molecule has 3 aliphatic heterocycles. The molecule has 2 fully saturated rings. The van der Waals surface area contributed by atoms with E-state index in [1.54, 1.807) is 6.08 Å². The van der Waals surface area contributed by atoms with Crippen molar-refractivity contribution in [2.75, 3.05) is 0 Å². The van der Waals surface area contributed by atoms with Gasteiger partial charge < -0.3 is 117 Å².